The molecule has 0 aromatic heterocycles. The van der Waals surface area contributed by atoms with Gasteiger partial charge >= 0.3 is 6.03 Å². The number of ether oxygens (including phenoxy) is 1. The van der Waals surface area contributed by atoms with Crippen molar-refractivity contribution in [2.45, 2.75) is 51.0 Å². The van der Waals surface area contributed by atoms with Gasteiger partial charge in [0.25, 0.3) is 0 Å². The summed E-state index contributed by atoms with van der Waals surface area (Å²) >= 11 is 0. The van der Waals surface area contributed by atoms with Crippen LogP contribution in [0.5, 0.6) is 0 Å². The van der Waals surface area contributed by atoms with Crippen LogP contribution in [-0.2, 0) is 4.74 Å². The second-order valence-corrected chi connectivity index (χ2v) is 6.49. The van der Waals surface area contributed by atoms with Crippen molar-refractivity contribution in [1.82, 2.24) is 10.2 Å². The first kappa shape index (κ1) is 15.1. The lowest BCUT2D eigenvalue weighted by atomic mass is 9.97. The average Bonchev–Trinajstić information content (AvgIpc) is 3.22. The van der Waals surface area contributed by atoms with Gasteiger partial charge in [0.15, 0.2) is 0 Å². The molecule has 1 saturated heterocycles. The summed E-state index contributed by atoms with van der Waals surface area (Å²) in [4.78, 5) is 14.1. The maximum absolute atomic E-state index is 12.2. The number of carbonyl (C=O) groups excluding carboxylic acids is 1. The predicted molar refractivity (Wildman–Crippen MR) is 76.1 cm³/mol. The predicted octanol–water partition coefficient (Wildman–Crippen LogP) is 2.28. The van der Waals surface area contributed by atoms with Crippen molar-refractivity contribution in [3.8, 4) is 6.07 Å². The van der Waals surface area contributed by atoms with Gasteiger partial charge in [-0.25, -0.2) is 4.79 Å². The van der Waals surface area contributed by atoms with E-state index in [2.05, 4.69) is 18.3 Å². The Morgan fingerprint density at radius 3 is 2.70 bits per heavy atom. The number of rotatable bonds is 4. The van der Waals surface area contributed by atoms with E-state index in [4.69, 9.17) is 10.00 Å². The fourth-order valence-electron chi connectivity index (χ4n) is 2.79. The van der Waals surface area contributed by atoms with Crippen molar-refractivity contribution in [2.24, 2.45) is 5.41 Å². The first-order valence-corrected chi connectivity index (χ1v) is 7.47. The highest BCUT2D eigenvalue weighted by atomic mass is 16.5. The highest BCUT2D eigenvalue weighted by Crippen LogP contribution is 2.47. The molecule has 0 spiro atoms. The third kappa shape index (κ3) is 3.63. The van der Waals surface area contributed by atoms with Crippen LogP contribution in [0.2, 0.25) is 0 Å². The minimum Gasteiger partial charge on any atom is -0.378 e. The molecule has 1 saturated carbocycles. The van der Waals surface area contributed by atoms with Gasteiger partial charge in [0.1, 0.15) is 0 Å². The summed E-state index contributed by atoms with van der Waals surface area (Å²) in [6, 6.07) is 2.23. The number of carbonyl (C=O) groups is 1. The number of nitriles is 1. The minimum absolute atomic E-state index is 0.00886. The Morgan fingerprint density at radius 2 is 2.10 bits per heavy atom. The van der Waals surface area contributed by atoms with Crippen molar-refractivity contribution in [3.05, 3.63) is 0 Å². The average molecular weight is 279 g/mol. The number of methoxy groups -OCH3 is 1. The normalized spacial score (nSPS) is 28.4. The topological polar surface area (TPSA) is 65.4 Å². The smallest absolute Gasteiger partial charge is 0.317 e. The van der Waals surface area contributed by atoms with Crippen LogP contribution in [0.25, 0.3) is 0 Å². The van der Waals surface area contributed by atoms with Crippen LogP contribution in [0, 0.1) is 16.7 Å². The molecule has 2 rings (SSSR count). The number of likely N-dealkylation sites (tertiary alicyclic amines) is 1. The molecule has 112 valence electrons. The summed E-state index contributed by atoms with van der Waals surface area (Å²) in [5, 5.41) is 11.8. The molecule has 1 atom stereocenters. The summed E-state index contributed by atoms with van der Waals surface area (Å²) in [6.07, 6.45) is 5.51. The molecule has 0 radical (unpaired) electrons. The van der Waals surface area contributed by atoms with Crippen molar-refractivity contribution in [3.63, 3.8) is 0 Å². The van der Waals surface area contributed by atoms with Crippen molar-refractivity contribution >= 4 is 6.03 Å². The summed E-state index contributed by atoms with van der Waals surface area (Å²) in [5.41, 5.74) is -0.0368. The Balaban J connectivity index is 1.80. The lowest BCUT2D eigenvalue weighted by Crippen LogP contribution is -2.43. The SMILES string of the molecule is COC1(C)CCCN(C(=O)NCC2(CC#N)CC2)CC1. The highest BCUT2D eigenvalue weighted by molar-refractivity contribution is 5.74. The van der Waals surface area contributed by atoms with Crippen LogP contribution < -0.4 is 5.32 Å². The lowest BCUT2D eigenvalue weighted by Gasteiger charge is -2.27. The third-order valence-electron chi connectivity index (χ3n) is 4.85. The molecule has 1 aliphatic heterocycles. The Morgan fingerprint density at radius 1 is 1.35 bits per heavy atom. The molecule has 1 heterocycles. The molecule has 0 aromatic rings. The van der Waals surface area contributed by atoms with E-state index < -0.39 is 0 Å². The van der Waals surface area contributed by atoms with Gasteiger partial charge in [0, 0.05) is 38.6 Å². The highest BCUT2D eigenvalue weighted by Gasteiger charge is 2.42. The molecule has 1 N–H and O–H groups in total. The molecule has 1 unspecified atom stereocenters. The van der Waals surface area contributed by atoms with Crippen molar-refractivity contribution in [1.29, 1.82) is 5.26 Å². The number of nitrogens with one attached hydrogen (secondary N) is 1. The summed E-state index contributed by atoms with van der Waals surface area (Å²) < 4.78 is 5.55. The third-order valence-corrected chi connectivity index (χ3v) is 4.85. The van der Waals surface area contributed by atoms with E-state index in [-0.39, 0.29) is 17.0 Å². The molecule has 5 nitrogen and oxygen atoms in total. The molecule has 2 fully saturated rings. The number of hydrogen-bond acceptors (Lipinski definition) is 3. The molecule has 2 amide bonds. The van der Waals surface area contributed by atoms with Gasteiger partial charge in [0.2, 0.25) is 0 Å². The first-order valence-electron chi connectivity index (χ1n) is 7.47. The van der Waals surface area contributed by atoms with Gasteiger partial charge in [-0.05, 0) is 39.0 Å². The van der Waals surface area contributed by atoms with E-state index in [1.54, 1.807) is 7.11 Å². The molecular weight excluding hydrogens is 254 g/mol. The Kier molecular flexibility index (Phi) is 4.54. The van der Waals surface area contributed by atoms with Gasteiger partial charge in [0.05, 0.1) is 11.7 Å². The zero-order valence-corrected chi connectivity index (χ0v) is 12.6. The molecular formula is C15H25N3O2. The second-order valence-electron chi connectivity index (χ2n) is 6.49. The minimum atomic E-state index is -0.104. The molecule has 20 heavy (non-hydrogen) atoms. The van der Waals surface area contributed by atoms with Gasteiger partial charge < -0.3 is 15.0 Å². The van der Waals surface area contributed by atoms with Crippen LogP contribution in [0.15, 0.2) is 0 Å². The van der Waals surface area contributed by atoms with Crippen molar-refractivity contribution in [2.75, 3.05) is 26.7 Å². The van der Waals surface area contributed by atoms with Gasteiger partial charge in [-0.2, -0.15) is 5.26 Å². The lowest BCUT2D eigenvalue weighted by molar-refractivity contribution is -0.00500. The van der Waals surface area contributed by atoms with Crippen molar-refractivity contribution < 1.29 is 9.53 Å². The van der Waals surface area contributed by atoms with Crippen LogP contribution in [0.1, 0.15) is 45.4 Å². The molecule has 1 aliphatic carbocycles. The van der Waals surface area contributed by atoms with Crippen LogP contribution >= 0.6 is 0 Å². The quantitative estimate of drug-likeness (QED) is 0.858. The van der Waals surface area contributed by atoms with Crippen LogP contribution in [0.3, 0.4) is 0 Å². The molecule has 0 aromatic carbocycles. The monoisotopic (exact) mass is 279 g/mol. The maximum atomic E-state index is 12.2. The van der Waals surface area contributed by atoms with Crippen LogP contribution in [0.4, 0.5) is 4.79 Å². The van der Waals surface area contributed by atoms with E-state index in [0.29, 0.717) is 13.0 Å². The van der Waals surface area contributed by atoms with E-state index in [1.807, 2.05) is 4.90 Å². The number of hydrogen-bond donors (Lipinski definition) is 1. The standard InChI is InChI=1S/C15H25N3O2/c1-14(20-2)4-3-10-18(11-8-14)13(19)17-12-15(5-6-15)7-9-16/h3-8,10-12H2,1-2H3,(H,17,19). The Hall–Kier alpha value is -1.28. The van der Waals surface area contributed by atoms with E-state index >= 15 is 0 Å². The zero-order chi connectivity index (χ0) is 14.6. The summed E-state index contributed by atoms with van der Waals surface area (Å²) in [7, 11) is 1.74. The molecule has 2 aliphatic rings. The van der Waals surface area contributed by atoms with Crippen LogP contribution in [-0.4, -0.2) is 43.3 Å². The van der Waals surface area contributed by atoms with Gasteiger partial charge in [-0.1, -0.05) is 0 Å². The Labute approximate surface area is 121 Å². The summed E-state index contributed by atoms with van der Waals surface area (Å²) in [5.74, 6) is 0. The number of urea groups is 1. The van der Waals surface area contributed by atoms with E-state index in [0.717, 1.165) is 45.2 Å². The largest absolute Gasteiger partial charge is 0.378 e. The molecule has 5 heteroatoms. The Bertz CT molecular complexity index is 400. The molecule has 0 bridgehead atoms. The maximum Gasteiger partial charge on any atom is 0.317 e. The zero-order valence-electron chi connectivity index (χ0n) is 12.6. The fourth-order valence-corrected chi connectivity index (χ4v) is 2.79. The van der Waals surface area contributed by atoms with Gasteiger partial charge in [-0.15, -0.1) is 0 Å². The first-order chi connectivity index (χ1) is 9.52. The number of nitrogens with zero attached hydrogens (tertiary/aromatic N) is 2. The second kappa shape index (κ2) is 6.01. The summed E-state index contributed by atoms with van der Waals surface area (Å²) in [6.45, 7) is 4.27. The van der Waals surface area contributed by atoms with E-state index in [9.17, 15) is 4.79 Å². The fraction of sp³-hybridized carbons (Fsp3) is 0.867. The number of amides is 2. The van der Waals surface area contributed by atoms with E-state index in [1.165, 1.54) is 0 Å². The van der Waals surface area contributed by atoms with Gasteiger partial charge in [-0.3, -0.25) is 0 Å².